The lowest BCUT2D eigenvalue weighted by Crippen LogP contribution is -2.40. The van der Waals surface area contributed by atoms with Crippen molar-refractivity contribution >= 4 is 11.7 Å². The molecule has 19 heavy (non-hydrogen) atoms. The predicted octanol–water partition coefficient (Wildman–Crippen LogP) is 2.75. The smallest absolute Gasteiger partial charge is 0.339 e. The van der Waals surface area contributed by atoms with Gasteiger partial charge in [0.1, 0.15) is 0 Å². The van der Waals surface area contributed by atoms with E-state index in [0.717, 1.165) is 31.5 Å². The summed E-state index contributed by atoms with van der Waals surface area (Å²) in [6.07, 6.45) is 3.74. The molecule has 0 bridgehead atoms. The number of hydrogen-bond acceptors (Lipinski definition) is 4. The average molecular weight is 258 g/mol. The van der Waals surface area contributed by atoms with E-state index < -0.39 is 0 Å². The molecule has 1 heterocycles. The Hall–Kier alpha value is -2.02. The van der Waals surface area contributed by atoms with E-state index in [0.29, 0.717) is 12.0 Å². The summed E-state index contributed by atoms with van der Waals surface area (Å²) in [6.45, 7) is 0.889. The van der Waals surface area contributed by atoms with Gasteiger partial charge in [0.2, 0.25) is 0 Å². The number of nitriles is 1. The van der Waals surface area contributed by atoms with Crippen LogP contribution in [0.15, 0.2) is 24.3 Å². The molecule has 1 saturated heterocycles. The molecule has 0 N–H and O–H groups in total. The number of carbonyl (C=O) groups excluding carboxylic acids is 1. The first-order valence-electron chi connectivity index (χ1n) is 6.59. The van der Waals surface area contributed by atoms with E-state index in [1.165, 1.54) is 7.11 Å². The molecule has 0 saturated carbocycles. The normalized spacial score (nSPS) is 18.7. The lowest BCUT2D eigenvalue weighted by Gasteiger charge is -2.37. The lowest BCUT2D eigenvalue weighted by molar-refractivity contribution is 0.0601. The van der Waals surface area contributed by atoms with Gasteiger partial charge in [-0.15, -0.1) is 0 Å². The van der Waals surface area contributed by atoms with E-state index in [1.807, 2.05) is 18.2 Å². The quantitative estimate of drug-likeness (QED) is 0.782. The first-order chi connectivity index (χ1) is 9.27. The summed E-state index contributed by atoms with van der Waals surface area (Å²) < 4.78 is 4.83. The van der Waals surface area contributed by atoms with Crippen LogP contribution in [0, 0.1) is 11.3 Å². The molecule has 0 radical (unpaired) electrons. The Morgan fingerprint density at radius 3 is 3.00 bits per heavy atom. The molecular formula is C15H18N2O2. The Morgan fingerprint density at radius 1 is 1.47 bits per heavy atom. The Bertz CT molecular complexity index is 493. The van der Waals surface area contributed by atoms with Crippen molar-refractivity contribution in [3.8, 4) is 6.07 Å². The van der Waals surface area contributed by atoms with Crippen LogP contribution in [0.25, 0.3) is 0 Å². The number of ether oxygens (including phenoxy) is 1. The second-order valence-corrected chi connectivity index (χ2v) is 4.71. The maximum atomic E-state index is 11.8. The molecule has 0 aromatic heterocycles. The molecule has 1 atom stereocenters. The fourth-order valence-electron chi connectivity index (χ4n) is 2.64. The van der Waals surface area contributed by atoms with Crippen molar-refractivity contribution in [3.63, 3.8) is 0 Å². The third-order valence-electron chi connectivity index (χ3n) is 3.57. The van der Waals surface area contributed by atoms with Crippen LogP contribution in [-0.2, 0) is 4.74 Å². The minimum absolute atomic E-state index is 0.199. The molecule has 2 rings (SSSR count). The van der Waals surface area contributed by atoms with Crippen LogP contribution in [0.2, 0.25) is 0 Å². The Kier molecular flexibility index (Phi) is 4.40. The number of rotatable bonds is 3. The first kappa shape index (κ1) is 13.4. The van der Waals surface area contributed by atoms with Crippen molar-refractivity contribution in [1.82, 2.24) is 0 Å². The van der Waals surface area contributed by atoms with Crippen LogP contribution in [-0.4, -0.2) is 25.7 Å². The number of para-hydroxylation sites is 1. The van der Waals surface area contributed by atoms with Gasteiger partial charge in [-0.05, 0) is 31.4 Å². The van der Waals surface area contributed by atoms with Crippen molar-refractivity contribution in [1.29, 1.82) is 5.26 Å². The van der Waals surface area contributed by atoms with E-state index >= 15 is 0 Å². The zero-order valence-electron chi connectivity index (χ0n) is 11.1. The molecule has 100 valence electrons. The number of anilines is 1. The van der Waals surface area contributed by atoms with Crippen molar-refractivity contribution in [2.24, 2.45) is 0 Å². The molecule has 1 unspecified atom stereocenters. The number of benzene rings is 1. The maximum absolute atomic E-state index is 11.8. The van der Waals surface area contributed by atoms with Crippen molar-refractivity contribution in [2.45, 2.75) is 31.7 Å². The molecule has 1 aromatic rings. The van der Waals surface area contributed by atoms with Gasteiger partial charge in [0.15, 0.2) is 0 Å². The predicted molar refractivity (Wildman–Crippen MR) is 73.0 cm³/mol. The molecule has 4 nitrogen and oxygen atoms in total. The largest absolute Gasteiger partial charge is 0.465 e. The van der Waals surface area contributed by atoms with Crippen molar-refractivity contribution in [2.75, 3.05) is 18.6 Å². The van der Waals surface area contributed by atoms with Gasteiger partial charge in [-0.3, -0.25) is 0 Å². The molecule has 1 fully saturated rings. The molecule has 1 aliphatic heterocycles. The van der Waals surface area contributed by atoms with Gasteiger partial charge in [-0.1, -0.05) is 12.1 Å². The molecule has 0 spiro atoms. The topological polar surface area (TPSA) is 53.3 Å². The second kappa shape index (κ2) is 6.24. The highest BCUT2D eigenvalue weighted by Gasteiger charge is 2.25. The van der Waals surface area contributed by atoms with Gasteiger partial charge in [0, 0.05) is 12.6 Å². The summed E-state index contributed by atoms with van der Waals surface area (Å²) in [6, 6.07) is 9.90. The summed E-state index contributed by atoms with van der Waals surface area (Å²) in [5.74, 6) is -0.322. The zero-order chi connectivity index (χ0) is 13.7. The van der Waals surface area contributed by atoms with Crippen LogP contribution in [0.3, 0.4) is 0 Å². The third kappa shape index (κ3) is 2.87. The lowest BCUT2D eigenvalue weighted by atomic mass is 9.98. The Balaban J connectivity index is 2.33. The molecule has 0 amide bonds. The molecule has 1 aromatic carbocycles. The summed E-state index contributed by atoms with van der Waals surface area (Å²) in [7, 11) is 1.39. The van der Waals surface area contributed by atoms with E-state index in [9.17, 15) is 4.79 Å². The fourth-order valence-corrected chi connectivity index (χ4v) is 2.64. The minimum atomic E-state index is -0.322. The van der Waals surface area contributed by atoms with Gasteiger partial charge in [0.25, 0.3) is 0 Å². The standard InChI is InChI=1S/C15H18N2O2/c1-19-15(18)13-7-2-3-8-14(13)17-11-5-4-6-12(17)9-10-16/h2-3,7-8,12H,4-6,9,11H2,1H3. The van der Waals surface area contributed by atoms with E-state index in [1.54, 1.807) is 6.07 Å². The van der Waals surface area contributed by atoms with Gasteiger partial charge >= 0.3 is 5.97 Å². The number of carbonyl (C=O) groups is 1. The summed E-state index contributed by atoms with van der Waals surface area (Å²) >= 11 is 0. The molecule has 4 heteroatoms. The van der Waals surface area contributed by atoms with E-state index in [4.69, 9.17) is 10.00 Å². The maximum Gasteiger partial charge on any atom is 0.339 e. The van der Waals surface area contributed by atoms with E-state index in [-0.39, 0.29) is 12.0 Å². The van der Waals surface area contributed by atoms with Crippen molar-refractivity contribution in [3.05, 3.63) is 29.8 Å². The number of nitrogens with zero attached hydrogens (tertiary/aromatic N) is 2. The van der Waals surface area contributed by atoms with Crippen molar-refractivity contribution < 1.29 is 9.53 Å². The molecular weight excluding hydrogens is 240 g/mol. The molecule has 1 aliphatic rings. The number of hydrogen-bond donors (Lipinski definition) is 0. The monoisotopic (exact) mass is 258 g/mol. The highest BCUT2D eigenvalue weighted by atomic mass is 16.5. The highest BCUT2D eigenvalue weighted by molar-refractivity contribution is 5.95. The summed E-state index contributed by atoms with van der Waals surface area (Å²) in [5, 5.41) is 8.94. The number of piperidine rings is 1. The van der Waals surface area contributed by atoms with Crippen LogP contribution >= 0.6 is 0 Å². The van der Waals surface area contributed by atoms with Gasteiger partial charge in [-0.2, -0.15) is 5.26 Å². The average Bonchev–Trinajstić information content (AvgIpc) is 2.47. The Morgan fingerprint density at radius 2 is 2.26 bits per heavy atom. The fraction of sp³-hybridized carbons (Fsp3) is 0.467. The van der Waals surface area contributed by atoms with Crippen LogP contribution in [0.4, 0.5) is 5.69 Å². The third-order valence-corrected chi connectivity index (χ3v) is 3.57. The second-order valence-electron chi connectivity index (χ2n) is 4.71. The first-order valence-corrected chi connectivity index (χ1v) is 6.59. The van der Waals surface area contributed by atoms with Crippen LogP contribution in [0.1, 0.15) is 36.0 Å². The van der Waals surface area contributed by atoms with Gasteiger partial charge in [0.05, 0.1) is 30.9 Å². The zero-order valence-corrected chi connectivity index (χ0v) is 11.1. The van der Waals surface area contributed by atoms with E-state index in [2.05, 4.69) is 11.0 Å². The van der Waals surface area contributed by atoms with Gasteiger partial charge < -0.3 is 9.64 Å². The SMILES string of the molecule is COC(=O)c1ccccc1N1CCCCC1CC#N. The van der Waals surface area contributed by atoms with Crippen LogP contribution < -0.4 is 4.90 Å². The Labute approximate surface area is 113 Å². The summed E-state index contributed by atoms with van der Waals surface area (Å²) in [4.78, 5) is 14.0. The minimum Gasteiger partial charge on any atom is -0.465 e. The highest BCUT2D eigenvalue weighted by Crippen LogP contribution is 2.29. The number of esters is 1. The summed E-state index contributed by atoms with van der Waals surface area (Å²) in [5.41, 5.74) is 1.46. The van der Waals surface area contributed by atoms with Crippen LogP contribution in [0.5, 0.6) is 0 Å². The van der Waals surface area contributed by atoms with Gasteiger partial charge in [-0.25, -0.2) is 4.79 Å². The number of methoxy groups -OCH3 is 1. The molecule has 0 aliphatic carbocycles.